The van der Waals surface area contributed by atoms with E-state index in [0.29, 0.717) is 26.1 Å². The first-order valence-electron chi connectivity index (χ1n) is 10.7. The summed E-state index contributed by atoms with van der Waals surface area (Å²) in [5.41, 5.74) is -0.360. The SMILES string of the molecule is O=C1OCCN1N1CCC(P(Br)(c2ccccc2)(c2ccccc2)c2ccccc2)C1=O. The van der Waals surface area contributed by atoms with Crippen molar-refractivity contribution in [2.45, 2.75) is 12.1 Å². The molecule has 5 nitrogen and oxygen atoms in total. The number of nitrogens with zero attached hydrogens (tertiary/aromatic N) is 2. The van der Waals surface area contributed by atoms with Gasteiger partial charge in [0.1, 0.15) is 0 Å². The van der Waals surface area contributed by atoms with Gasteiger partial charge < -0.3 is 0 Å². The predicted molar refractivity (Wildman–Crippen MR) is 132 cm³/mol. The summed E-state index contributed by atoms with van der Waals surface area (Å²) < 4.78 is 5.12. The van der Waals surface area contributed by atoms with Gasteiger partial charge in [-0.2, -0.15) is 0 Å². The summed E-state index contributed by atoms with van der Waals surface area (Å²) in [6.07, 6.45) is 0.178. The standard InChI is InChI=1S/C25H24BrN2O3P/c26-32(20-10-4-1-5-11-20,21-12-6-2-7-13-21,22-14-8-3-9-15-22)23-16-17-27(24(23)29)28-18-19-31-25(28)30/h1-15,23H,16-19H2. The van der Waals surface area contributed by atoms with Crippen molar-refractivity contribution in [1.82, 2.24) is 10.0 Å². The first-order chi connectivity index (χ1) is 15.6. The van der Waals surface area contributed by atoms with Crippen molar-refractivity contribution in [2.75, 3.05) is 19.7 Å². The molecule has 0 radical (unpaired) electrons. The summed E-state index contributed by atoms with van der Waals surface area (Å²) in [5.74, 6) is -0.0463. The Morgan fingerprint density at radius 2 is 1.19 bits per heavy atom. The number of carbonyl (C=O) groups excluding carboxylic acids is 2. The molecule has 2 amide bonds. The van der Waals surface area contributed by atoms with Crippen molar-refractivity contribution >= 4 is 48.7 Å². The van der Waals surface area contributed by atoms with Crippen molar-refractivity contribution < 1.29 is 14.3 Å². The molecule has 0 aliphatic carbocycles. The zero-order valence-corrected chi connectivity index (χ0v) is 20.0. The monoisotopic (exact) mass is 510 g/mol. The second kappa shape index (κ2) is 8.02. The third kappa shape index (κ3) is 2.93. The quantitative estimate of drug-likeness (QED) is 0.490. The molecule has 2 aliphatic rings. The van der Waals surface area contributed by atoms with E-state index in [-0.39, 0.29) is 11.6 Å². The zero-order chi connectivity index (χ0) is 22.2. The predicted octanol–water partition coefficient (Wildman–Crippen LogP) is 3.79. The van der Waals surface area contributed by atoms with E-state index in [2.05, 4.69) is 51.9 Å². The molecule has 1 atom stereocenters. The number of halogens is 1. The summed E-state index contributed by atoms with van der Waals surface area (Å²) in [5, 5.41) is 2.89. The number of hydrogen-bond acceptors (Lipinski definition) is 3. The molecule has 32 heavy (non-hydrogen) atoms. The molecule has 7 heteroatoms. The summed E-state index contributed by atoms with van der Waals surface area (Å²) in [4.78, 5) is 26.4. The molecule has 0 bridgehead atoms. The summed E-state index contributed by atoms with van der Waals surface area (Å²) >= 11 is 4.38. The summed E-state index contributed by atoms with van der Waals surface area (Å²) in [7, 11) is 0. The zero-order valence-electron chi connectivity index (χ0n) is 17.5. The van der Waals surface area contributed by atoms with E-state index < -0.39 is 11.4 Å². The van der Waals surface area contributed by atoms with Crippen molar-refractivity contribution in [2.24, 2.45) is 0 Å². The average Bonchev–Trinajstić information content (AvgIpc) is 3.45. The van der Waals surface area contributed by atoms with Crippen LogP contribution in [0, 0.1) is 0 Å². The number of benzene rings is 3. The molecule has 164 valence electrons. The van der Waals surface area contributed by atoms with Gasteiger partial charge >= 0.3 is 196 Å². The van der Waals surface area contributed by atoms with Gasteiger partial charge in [0.2, 0.25) is 0 Å². The molecular weight excluding hydrogens is 487 g/mol. The van der Waals surface area contributed by atoms with Crippen LogP contribution in [0.25, 0.3) is 0 Å². The molecule has 3 aromatic carbocycles. The molecule has 0 saturated carbocycles. The topological polar surface area (TPSA) is 49.9 Å². The van der Waals surface area contributed by atoms with E-state index in [4.69, 9.17) is 4.74 Å². The number of amides is 2. The Morgan fingerprint density at radius 1 is 0.719 bits per heavy atom. The number of cyclic esters (lactones) is 1. The fraction of sp³-hybridized carbons (Fsp3) is 0.200. The van der Waals surface area contributed by atoms with Gasteiger partial charge in [-0.15, -0.1) is 0 Å². The van der Waals surface area contributed by atoms with Gasteiger partial charge in [0.15, 0.2) is 0 Å². The molecule has 2 saturated heterocycles. The Labute approximate surface area is 195 Å². The molecule has 2 heterocycles. The summed E-state index contributed by atoms with van der Waals surface area (Å²) in [6.45, 7) is 1.19. The van der Waals surface area contributed by atoms with Crippen molar-refractivity contribution in [3.8, 4) is 0 Å². The van der Waals surface area contributed by atoms with Crippen LogP contribution in [0.4, 0.5) is 4.79 Å². The Kier molecular flexibility index (Phi) is 5.31. The van der Waals surface area contributed by atoms with Crippen LogP contribution in [0.15, 0.2) is 91.0 Å². The van der Waals surface area contributed by atoms with E-state index in [0.717, 1.165) is 15.9 Å². The molecule has 3 aromatic rings. The van der Waals surface area contributed by atoms with Crippen LogP contribution in [0.5, 0.6) is 0 Å². The third-order valence-electron chi connectivity index (χ3n) is 6.55. The minimum atomic E-state index is -3.45. The molecule has 2 fully saturated rings. The van der Waals surface area contributed by atoms with E-state index in [1.807, 2.05) is 54.6 Å². The van der Waals surface area contributed by atoms with Gasteiger partial charge in [-0.1, -0.05) is 0 Å². The third-order valence-corrected chi connectivity index (χ3v) is 17.3. The first-order valence-corrected chi connectivity index (χ1v) is 15.0. The molecule has 0 spiro atoms. The molecule has 0 N–H and O–H groups in total. The number of rotatable bonds is 5. The molecular formula is C25H24BrN2O3P. The van der Waals surface area contributed by atoms with E-state index >= 15 is 0 Å². The maximum absolute atomic E-state index is 14.1. The number of hydrogen-bond donors (Lipinski definition) is 0. The van der Waals surface area contributed by atoms with Crippen molar-refractivity contribution in [3.63, 3.8) is 0 Å². The number of carbonyl (C=O) groups is 2. The van der Waals surface area contributed by atoms with Crippen LogP contribution in [-0.2, 0) is 9.53 Å². The normalized spacial score (nSPS) is 20.2. The number of ether oxygens (including phenoxy) is 1. The average molecular weight is 511 g/mol. The first kappa shape index (κ1) is 21.2. The second-order valence-corrected chi connectivity index (χ2v) is 16.8. The fourth-order valence-corrected chi connectivity index (χ4v) is 13.7. The fourth-order valence-electron chi connectivity index (χ4n) is 5.09. The van der Waals surface area contributed by atoms with E-state index in [1.165, 1.54) is 5.01 Å². The van der Waals surface area contributed by atoms with Gasteiger partial charge in [-0.3, -0.25) is 0 Å². The van der Waals surface area contributed by atoms with Crippen LogP contribution in [0.3, 0.4) is 0 Å². The van der Waals surface area contributed by atoms with Crippen LogP contribution < -0.4 is 15.9 Å². The van der Waals surface area contributed by atoms with Gasteiger partial charge in [0.05, 0.1) is 0 Å². The second-order valence-electron chi connectivity index (χ2n) is 8.08. The van der Waals surface area contributed by atoms with Crippen LogP contribution in [0.2, 0.25) is 0 Å². The summed E-state index contributed by atoms with van der Waals surface area (Å²) in [6, 6.07) is 30.9. The Balaban J connectivity index is 1.78. The van der Waals surface area contributed by atoms with Crippen molar-refractivity contribution in [1.29, 1.82) is 0 Å². The van der Waals surface area contributed by atoms with Crippen LogP contribution >= 0.6 is 20.8 Å². The van der Waals surface area contributed by atoms with Gasteiger partial charge in [0.25, 0.3) is 0 Å². The van der Waals surface area contributed by atoms with Gasteiger partial charge in [-0.05, 0) is 0 Å². The van der Waals surface area contributed by atoms with Gasteiger partial charge in [-0.25, -0.2) is 0 Å². The minimum absolute atomic E-state index is 0.0463. The van der Waals surface area contributed by atoms with Gasteiger partial charge in [0, 0.05) is 0 Å². The van der Waals surface area contributed by atoms with Crippen molar-refractivity contribution in [3.05, 3.63) is 91.0 Å². The Hall–Kier alpha value is -2.69. The van der Waals surface area contributed by atoms with Crippen LogP contribution in [-0.4, -0.2) is 47.4 Å². The molecule has 1 unspecified atom stereocenters. The van der Waals surface area contributed by atoms with E-state index in [1.54, 1.807) is 5.01 Å². The molecule has 2 aliphatic heterocycles. The number of hydrazine groups is 1. The van der Waals surface area contributed by atoms with E-state index in [9.17, 15) is 9.59 Å². The molecule has 5 rings (SSSR count). The van der Waals surface area contributed by atoms with Crippen LogP contribution in [0.1, 0.15) is 6.42 Å². The Bertz CT molecular complexity index is 1040. The molecule has 0 aromatic heterocycles. The Morgan fingerprint density at radius 3 is 1.59 bits per heavy atom. The maximum atomic E-state index is 14.1.